The van der Waals surface area contributed by atoms with E-state index in [4.69, 9.17) is 9.47 Å². The topological polar surface area (TPSA) is 113 Å². The zero-order chi connectivity index (χ0) is 22.8. The maximum absolute atomic E-state index is 12.8. The Kier molecular flexibility index (Phi) is 8.87. The summed E-state index contributed by atoms with van der Waals surface area (Å²) >= 11 is 0. The number of rotatable bonds is 11. The third-order valence-electron chi connectivity index (χ3n) is 4.41. The van der Waals surface area contributed by atoms with Gasteiger partial charge in [0, 0.05) is 19.3 Å². The lowest BCUT2D eigenvalue weighted by molar-refractivity contribution is -0.386. The molecule has 0 amide bonds. The van der Waals surface area contributed by atoms with E-state index in [-0.39, 0.29) is 30.6 Å². The normalized spacial score (nSPS) is 10.4. The van der Waals surface area contributed by atoms with E-state index >= 15 is 0 Å². The van der Waals surface area contributed by atoms with Crippen LogP contribution in [0.3, 0.4) is 0 Å². The van der Waals surface area contributed by atoms with Crippen LogP contribution in [-0.2, 0) is 16.0 Å². The minimum absolute atomic E-state index is 0.0195. The largest absolute Gasteiger partial charge is 0.422 e. The molecular weight excluding hydrogens is 402 g/mol. The van der Waals surface area contributed by atoms with Crippen molar-refractivity contribution in [3.63, 3.8) is 0 Å². The van der Waals surface area contributed by atoms with Crippen molar-refractivity contribution in [1.29, 1.82) is 0 Å². The molecule has 0 heterocycles. The maximum atomic E-state index is 12.8. The number of carbonyl (C=O) groups excluding carboxylic acids is 3. The third kappa shape index (κ3) is 6.74. The van der Waals surface area contributed by atoms with Crippen molar-refractivity contribution in [2.24, 2.45) is 0 Å². The molecule has 2 rings (SSSR count). The van der Waals surface area contributed by atoms with Gasteiger partial charge in [-0.25, -0.2) is 0 Å². The summed E-state index contributed by atoms with van der Waals surface area (Å²) in [4.78, 5) is 47.9. The van der Waals surface area contributed by atoms with Crippen LogP contribution in [0.15, 0.2) is 42.5 Å². The highest BCUT2D eigenvalue weighted by atomic mass is 16.6. The van der Waals surface area contributed by atoms with Gasteiger partial charge in [0.25, 0.3) is 5.75 Å². The second-order valence-corrected chi connectivity index (χ2v) is 6.90. The summed E-state index contributed by atoms with van der Waals surface area (Å²) in [5.74, 6) is -2.58. The number of aryl methyl sites for hydroxylation is 1. The lowest BCUT2D eigenvalue weighted by atomic mass is 10.0. The van der Waals surface area contributed by atoms with E-state index in [1.807, 2.05) is 30.3 Å². The summed E-state index contributed by atoms with van der Waals surface area (Å²) < 4.78 is 10.4. The van der Waals surface area contributed by atoms with Gasteiger partial charge in [0.2, 0.25) is 0 Å². The van der Waals surface area contributed by atoms with Gasteiger partial charge in [0.1, 0.15) is 0 Å². The highest BCUT2D eigenvalue weighted by Gasteiger charge is 2.31. The highest BCUT2D eigenvalue weighted by Crippen LogP contribution is 2.41. The molecule has 0 saturated heterocycles. The number of nitro groups is 1. The van der Waals surface area contributed by atoms with Crippen molar-refractivity contribution in [3.05, 3.63) is 63.7 Å². The Balaban J connectivity index is 2.42. The molecule has 0 unspecified atom stereocenters. The summed E-state index contributed by atoms with van der Waals surface area (Å²) in [6.07, 6.45) is 1.52. The van der Waals surface area contributed by atoms with Crippen LogP contribution in [0.25, 0.3) is 0 Å². The number of benzene rings is 2. The SMILES string of the molecule is CCCC(=O)Oc1ccc(C(=O)CCc2ccccc2)c([N+](=O)[O-])c1OC(=O)CCC. The predicted molar refractivity (Wildman–Crippen MR) is 113 cm³/mol. The number of hydrogen-bond donors (Lipinski definition) is 0. The molecule has 0 spiro atoms. The molecule has 8 nitrogen and oxygen atoms in total. The fourth-order valence-corrected chi connectivity index (χ4v) is 2.92. The van der Waals surface area contributed by atoms with Gasteiger partial charge in [-0.2, -0.15) is 0 Å². The lowest BCUT2D eigenvalue weighted by Gasteiger charge is -2.13. The monoisotopic (exact) mass is 427 g/mol. The zero-order valence-electron chi connectivity index (χ0n) is 17.6. The van der Waals surface area contributed by atoms with Gasteiger partial charge >= 0.3 is 17.6 Å². The molecule has 0 aliphatic carbocycles. The van der Waals surface area contributed by atoms with Crippen molar-refractivity contribution in [3.8, 4) is 11.5 Å². The number of carbonyl (C=O) groups is 3. The molecule has 0 aliphatic heterocycles. The second kappa shape index (κ2) is 11.6. The fraction of sp³-hybridized carbons (Fsp3) is 0.348. The van der Waals surface area contributed by atoms with E-state index in [0.29, 0.717) is 19.3 Å². The Morgan fingerprint density at radius 3 is 2.06 bits per heavy atom. The van der Waals surface area contributed by atoms with Crippen LogP contribution in [0.5, 0.6) is 11.5 Å². The van der Waals surface area contributed by atoms with Crippen LogP contribution in [0, 0.1) is 10.1 Å². The Hall–Kier alpha value is -3.55. The van der Waals surface area contributed by atoms with Crippen molar-refractivity contribution >= 4 is 23.4 Å². The number of esters is 2. The molecule has 2 aromatic rings. The molecule has 31 heavy (non-hydrogen) atoms. The first kappa shape index (κ1) is 23.7. The molecular formula is C23H25NO7. The van der Waals surface area contributed by atoms with Crippen LogP contribution in [-0.4, -0.2) is 22.6 Å². The number of ether oxygens (including phenoxy) is 2. The van der Waals surface area contributed by atoms with E-state index in [2.05, 4.69) is 0 Å². The van der Waals surface area contributed by atoms with E-state index in [0.717, 1.165) is 5.56 Å². The minimum Gasteiger partial charge on any atom is -0.422 e. The lowest BCUT2D eigenvalue weighted by Crippen LogP contribution is -2.15. The maximum Gasteiger partial charge on any atom is 0.326 e. The molecule has 164 valence electrons. The Morgan fingerprint density at radius 1 is 0.871 bits per heavy atom. The quantitative estimate of drug-likeness (QED) is 0.166. The van der Waals surface area contributed by atoms with Crippen LogP contribution in [0.1, 0.15) is 61.9 Å². The number of hydrogen-bond acceptors (Lipinski definition) is 7. The van der Waals surface area contributed by atoms with E-state index < -0.39 is 34.1 Å². The third-order valence-corrected chi connectivity index (χ3v) is 4.41. The average Bonchev–Trinajstić information content (AvgIpc) is 2.73. The number of Topliss-reactive ketones (excluding diaryl/α,β-unsaturated/α-hetero) is 1. The second-order valence-electron chi connectivity index (χ2n) is 6.90. The molecule has 0 N–H and O–H groups in total. The van der Waals surface area contributed by atoms with E-state index in [1.54, 1.807) is 13.8 Å². The predicted octanol–water partition coefficient (Wildman–Crippen LogP) is 4.82. The zero-order valence-corrected chi connectivity index (χ0v) is 17.6. The smallest absolute Gasteiger partial charge is 0.326 e. The molecule has 0 bridgehead atoms. The Bertz CT molecular complexity index is 954. The molecule has 0 atom stereocenters. The van der Waals surface area contributed by atoms with Gasteiger partial charge in [-0.1, -0.05) is 44.2 Å². The van der Waals surface area contributed by atoms with Crippen LogP contribution < -0.4 is 9.47 Å². The van der Waals surface area contributed by atoms with Crippen molar-refractivity contribution in [1.82, 2.24) is 0 Å². The van der Waals surface area contributed by atoms with Crippen molar-refractivity contribution in [2.75, 3.05) is 0 Å². The first-order valence-electron chi connectivity index (χ1n) is 10.2. The van der Waals surface area contributed by atoms with Crippen molar-refractivity contribution in [2.45, 2.75) is 52.4 Å². The number of nitro benzene ring substituents is 1. The minimum atomic E-state index is -0.790. The molecule has 0 fully saturated rings. The standard InChI is InChI=1S/C23H25NO7/c1-3-8-20(26)30-19-15-13-17(18(25)14-12-16-10-6-5-7-11-16)22(24(28)29)23(19)31-21(27)9-4-2/h5-7,10-11,13,15H,3-4,8-9,12,14H2,1-2H3. The number of nitrogens with zero attached hydrogens (tertiary/aromatic N) is 1. The first-order valence-corrected chi connectivity index (χ1v) is 10.2. The molecule has 0 radical (unpaired) electrons. The summed E-state index contributed by atoms with van der Waals surface area (Å²) in [7, 11) is 0. The Morgan fingerprint density at radius 2 is 1.48 bits per heavy atom. The Labute approximate surface area is 180 Å². The van der Waals surface area contributed by atoms with Gasteiger partial charge in [-0.3, -0.25) is 24.5 Å². The van der Waals surface area contributed by atoms with Crippen LogP contribution in [0.4, 0.5) is 5.69 Å². The summed E-state index contributed by atoms with van der Waals surface area (Å²) in [6.45, 7) is 3.53. The number of ketones is 1. The van der Waals surface area contributed by atoms with Gasteiger partial charge < -0.3 is 9.47 Å². The first-order chi connectivity index (χ1) is 14.9. The molecule has 0 aromatic heterocycles. The van der Waals surface area contributed by atoms with E-state index in [9.17, 15) is 24.5 Å². The van der Waals surface area contributed by atoms with Gasteiger partial charge in [0.15, 0.2) is 11.5 Å². The van der Waals surface area contributed by atoms with E-state index in [1.165, 1.54) is 12.1 Å². The van der Waals surface area contributed by atoms with Crippen molar-refractivity contribution < 1.29 is 28.8 Å². The van der Waals surface area contributed by atoms with Gasteiger partial charge in [-0.15, -0.1) is 0 Å². The molecule has 0 saturated carbocycles. The highest BCUT2D eigenvalue weighted by molar-refractivity contribution is 6.02. The molecule has 8 heteroatoms. The van der Waals surface area contributed by atoms with Gasteiger partial charge in [-0.05, 0) is 37.0 Å². The molecule has 0 aliphatic rings. The fourth-order valence-electron chi connectivity index (χ4n) is 2.92. The van der Waals surface area contributed by atoms with Gasteiger partial charge in [0.05, 0.1) is 10.5 Å². The summed E-state index contributed by atoms with van der Waals surface area (Å²) in [6, 6.07) is 11.7. The van der Waals surface area contributed by atoms with Crippen LogP contribution in [0.2, 0.25) is 0 Å². The summed E-state index contributed by atoms with van der Waals surface area (Å²) in [5, 5.41) is 11.8. The van der Waals surface area contributed by atoms with Crippen LogP contribution >= 0.6 is 0 Å². The summed E-state index contributed by atoms with van der Waals surface area (Å²) in [5.41, 5.74) is 0.0399. The molecule has 2 aromatic carbocycles. The average molecular weight is 427 g/mol.